The van der Waals surface area contributed by atoms with Crippen molar-refractivity contribution in [3.05, 3.63) is 78.2 Å². The lowest BCUT2D eigenvalue weighted by Crippen LogP contribution is -2.49. The summed E-state index contributed by atoms with van der Waals surface area (Å²) < 4.78 is 6.32. The largest absolute Gasteiger partial charge is 0.472 e. The fourth-order valence-corrected chi connectivity index (χ4v) is 4.38. The van der Waals surface area contributed by atoms with Crippen molar-refractivity contribution in [1.29, 1.82) is 0 Å². The van der Waals surface area contributed by atoms with Gasteiger partial charge in [0.1, 0.15) is 11.8 Å². The van der Waals surface area contributed by atoms with Crippen molar-refractivity contribution in [2.24, 2.45) is 0 Å². The van der Waals surface area contributed by atoms with E-state index in [1.54, 1.807) is 18.6 Å². The molecule has 1 amide bonds. The number of likely N-dealkylation sites (tertiary alicyclic amines) is 1. The summed E-state index contributed by atoms with van der Waals surface area (Å²) in [4.78, 5) is 21.6. The van der Waals surface area contributed by atoms with E-state index in [0.717, 1.165) is 29.2 Å². The Labute approximate surface area is 186 Å². The fraction of sp³-hybridized carbons (Fsp3) is 0.280. The van der Waals surface area contributed by atoms with Crippen LogP contribution in [0.2, 0.25) is 0 Å². The van der Waals surface area contributed by atoms with Crippen LogP contribution in [0.1, 0.15) is 35.7 Å². The van der Waals surface area contributed by atoms with Gasteiger partial charge in [0, 0.05) is 17.6 Å². The Balaban J connectivity index is 1.42. The van der Waals surface area contributed by atoms with Crippen molar-refractivity contribution >= 4 is 16.7 Å². The molecule has 0 N–H and O–H groups in total. The highest BCUT2D eigenvalue weighted by Crippen LogP contribution is 2.28. The number of carbonyl (C=O) groups excluding carboxylic acids is 1. The zero-order valence-corrected chi connectivity index (χ0v) is 18.2. The van der Waals surface area contributed by atoms with Crippen LogP contribution in [0.15, 0.2) is 67.1 Å². The third-order valence-electron chi connectivity index (χ3n) is 6.10. The number of carbonyl (C=O) groups is 1. The average Bonchev–Trinajstić information content (AvgIpc) is 3.34. The summed E-state index contributed by atoms with van der Waals surface area (Å²) in [5.41, 5.74) is 2.26. The quantitative estimate of drug-likeness (QED) is 0.488. The van der Waals surface area contributed by atoms with Gasteiger partial charge in [-0.1, -0.05) is 30.3 Å². The van der Waals surface area contributed by atoms with Crippen molar-refractivity contribution in [3.8, 4) is 11.6 Å². The molecule has 7 heteroatoms. The van der Waals surface area contributed by atoms with Crippen LogP contribution in [0.4, 0.5) is 0 Å². The lowest BCUT2D eigenvalue weighted by atomic mass is 9.98. The van der Waals surface area contributed by atoms with Gasteiger partial charge in [-0.05, 0) is 55.8 Å². The van der Waals surface area contributed by atoms with Crippen LogP contribution in [0.25, 0.3) is 16.5 Å². The maximum atomic E-state index is 13.7. The Kier molecular flexibility index (Phi) is 5.31. The molecule has 2 unspecified atom stereocenters. The zero-order valence-electron chi connectivity index (χ0n) is 18.2. The number of piperidine rings is 1. The van der Waals surface area contributed by atoms with Gasteiger partial charge < -0.3 is 9.64 Å². The number of hydrogen-bond acceptors (Lipinski definition) is 5. The molecule has 3 heterocycles. The minimum absolute atomic E-state index is 0.0346. The van der Waals surface area contributed by atoms with E-state index in [-0.39, 0.29) is 18.1 Å². The van der Waals surface area contributed by atoms with E-state index >= 15 is 0 Å². The standard InChI is InChI=1S/C25H25N5O2/c1-17-6-5-9-22(23(17)30-27-14-15-28-30)25(31)29-16-20(11-10-18(29)2)32-24-21-8-4-3-7-19(21)12-13-26-24/h3-9,12-15,18,20H,10-11,16H2,1-2H3. The van der Waals surface area contributed by atoms with Gasteiger partial charge in [0.15, 0.2) is 0 Å². The van der Waals surface area contributed by atoms with Crippen LogP contribution in [0, 0.1) is 6.92 Å². The lowest BCUT2D eigenvalue weighted by molar-refractivity contribution is 0.0377. The third kappa shape index (κ3) is 3.70. The first-order valence-corrected chi connectivity index (χ1v) is 10.9. The minimum Gasteiger partial charge on any atom is -0.472 e. The summed E-state index contributed by atoms with van der Waals surface area (Å²) in [6.45, 7) is 4.56. The molecule has 0 aliphatic carbocycles. The predicted molar refractivity (Wildman–Crippen MR) is 122 cm³/mol. The summed E-state index contributed by atoms with van der Waals surface area (Å²) in [5, 5.41) is 10.6. The van der Waals surface area contributed by atoms with Crippen LogP contribution in [0.3, 0.4) is 0 Å². The number of nitrogens with zero attached hydrogens (tertiary/aromatic N) is 5. The average molecular weight is 428 g/mol. The summed E-state index contributed by atoms with van der Waals surface area (Å²) in [7, 11) is 0. The number of amides is 1. The van der Waals surface area contributed by atoms with Crippen LogP contribution in [-0.2, 0) is 0 Å². The van der Waals surface area contributed by atoms with E-state index in [2.05, 4.69) is 22.1 Å². The summed E-state index contributed by atoms with van der Waals surface area (Å²) in [6, 6.07) is 15.8. The van der Waals surface area contributed by atoms with Crippen molar-refractivity contribution in [1.82, 2.24) is 24.9 Å². The smallest absolute Gasteiger partial charge is 0.256 e. The van der Waals surface area contributed by atoms with Crippen molar-refractivity contribution < 1.29 is 9.53 Å². The maximum Gasteiger partial charge on any atom is 0.256 e. The maximum absolute atomic E-state index is 13.7. The van der Waals surface area contributed by atoms with Crippen LogP contribution in [-0.4, -0.2) is 49.5 Å². The van der Waals surface area contributed by atoms with E-state index in [0.29, 0.717) is 23.7 Å². The number of aryl methyl sites for hydroxylation is 1. The molecule has 1 saturated heterocycles. The van der Waals surface area contributed by atoms with Crippen molar-refractivity contribution in [2.75, 3.05) is 6.54 Å². The molecule has 1 fully saturated rings. The number of ether oxygens (including phenoxy) is 1. The Morgan fingerprint density at radius 2 is 1.81 bits per heavy atom. The molecule has 2 aromatic heterocycles. The third-order valence-corrected chi connectivity index (χ3v) is 6.10. The number of pyridine rings is 1. The highest BCUT2D eigenvalue weighted by atomic mass is 16.5. The first kappa shape index (κ1) is 20.2. The van der Waals surface area contributed by atoms with Gasteiger partial charge in [-0.25, -0.2) is 4.98 Å². The second-order valence-electron chi connectivity index (χ2n) is 8.25. The molecule has 32 heavy (non-hydrogen) atoms. The normalized spacial score (nSPS) is 18.6. The van der Waals surface area contributed by atoms with E-state index in [1.165, 1.54) is 4.80 Å². The number of fused-ring (bicyclic) bond motifs is 1. The molecule has 1 aliphatic rings. The van der Waals surface area contributed by atoms with Gasteiger partial charge in [0.25, 0.3) is 5.91 Å². The SMILES string of the molecule is Cc1cccc(C(=O)N2CC(Oc3nccc4ccccc34)CCC2C)c1-n1nccn1. The van der Waals surface area contributed by atoms with E-state index < -0.39 is 0 Å². The van der Waals surface area contributed by atoms with E-state index in [9.17, 15) is 4.79 Å². The molecule has 4 aromatic rings. The molecule has 7 nitrogen and oxygen atoms in total. The molecular formula is C25H25N5O2. The first-order chi connectivity index (χ1) is 15.6. The summed E-state index contributed by atoms with van der Waals surface area (Å²) in [5.74, 6) is 0.583. The Morgan fingerprint density at radius 1 is 1.00 bits per heavy atom. The van der Waals surface area contributed by atoms with Gasteiger partial charge >= 0.3 is 0 Å². The fourth-order valence-electron chi connectivity index (χ4n) is 4.38. The molecule has 162 valence electrons. The van der Waals surface area contributed by atoms with E-state index in [4.69, 9.17) is 4.74 Å². The second-order valence-corrected chi connectivity index (χ2v) is 8.25. The van der Waals surface area contributed by atoms with E-state index in [1.807, 2.05) is 60.4 Å². The second kappa shape index (κ2) is 8.42. The van der Waals surface area contributed by atoms with Gasteiger partial charge in [0.2, 0.25) is 5.88 Å². The zero-order chi connectivity index (χ0) is 22.1. The molecular weight excluding hydrogens is 402 g/mol. The van der Waals surface area contributed by atoms with Crippen LogP contribution < -0.4 is 4.74 Å². The first-order valence-electron chi connectivity index (χ1n) is 10.9. The van der Waals surface area contributed by atoms with Gasteiger partial charge in [-0.3, -0.25) is 4.79 Å². The molecule has 0 bridgehead atoms. The molecule has 0 spiro atoms. The van der Waals surface area contributed by atoms with Gasteiger partial charge in [-0.2, -0.15) is 15.0 Å². The highest BCUT2D eigenvalue weighted by molar-refractivity contribution is 5.98. The van der Waals surface area contributed by atoms with Gasteiger partial charge in [-0.15, -0.1) is 0 Å². The number of rotatable bonds is 4. The number of benzene rings is 2. The lowest BCUT2D eigenvalue weighted by Gasteiger charge is -2.38. The number of aromatic nitrogens is 4. The minimum atomic E-state index is -0.121. The Bertz CT molecular complexity index is 1250. The molecule has 1 aliphatic heterocycles. The topological polar surface area (TPSA) is 73.1 Å². The Morgan fingerprint density at radius 3 is 2.66 bits per heavy atom. The van der Waals surface area contributed by atoms with Crippen LogP contribution in [0.5, 0.6) is 5.88 Å². The van der Waals surface area contributed by atoms with Crippen molar-refractivity contribution in [2.45, 2.75) is 38.8 Å². The van der Waals surface area contributed by atoms with Gasteiger partial charge in [0.05, 0.1) is 24.5 Å². The van der Waals surface area contributed by atoms with Crippen LogP contribution >= 0.6 is 0 Å². The molecule has 5 rings (SSSR count). The highest BCUT2D eigenvalue weighted by Gasteiger charge is 2.32. The van der Waals surface area contributed by atoms with Crippen molar-refractivity contribution in [3.63, 3.8) is 0 Å². The summed E-state index contributed by atoms with van der Waals surface area (Å²) in [6.07, 6.45) is 6.61. The predicted octanol–water partition coefficient (Wildman–Crippen LogP) is 4.20. The molecule has 2 atom stereocenters. The summed E-state index contributed by atoms with van der Waals surface area (Å²) >= 11 is 0. The number of hydrogen-bond donors (Lipinski definition) is 0. The molecule has 0 radical (unpaired) electrons. The number of para-hydroxylation sites is 1. The molecule has 2 aromatic carbocycles. The monoisotopic (exact) mass is 427 g/mol. The Hall–Kier alpha value is -3.74. The molecule has 0 saturated carbocycles.